The van der Waals surface area contributed by atoms with Gasteiger partial charge in [0.25, 0.3) is 0 Å². The number of benzene rings is 1. The molecule has 1 saturated carbocycles. The molecule has 1 heterocycles. The zero-order chi connectivity index (χ0) is 18.2. The number of carbonyl (C=O) groups excluding carboxylic acids is 1. The minimum absolute atomic E-state index is 0.0205. The molecule has 4 nitrogen and oxygen atoms in total. The van der Waals surface area contributed by atoms with Crippen molar-refractivity contribution in [1.29, 1.82) is 5.26 Å². The molecule has 0 spiro atoms. The molecule has 1 amide bonds. The zero-order valence-electron chi connectivity index (χ0n) is 15.5. The quantitative estimate of drug-likeness (QED) is 0.849. The highest BCUT2D eigenvalue weighted by Gasteiger charge is 2.23. The van der Waals surface area contributed by atoms with E-state index in [1.54, 1.807) is 0 Å². The van der Waals surface area contributed by atoms with Crippen LogP contribution < -0.4 is 5.32 Å². The van der Waals surface area contributed by atoms with Gasteiger partial charge < -0.3 is 5.32 Å². The van der Waals surface area contributed by atoms with Crippen LogP contribution in [0.4, 0.5) is 0 Å². The summed E-state index contributed by atoms with van der Waals surface area (Å²) in [5.41, 5.74) is 2.85. The molecule has 26 heavy (non-hydrogen) atoms. The summed E-state index contributed by atoms with van der Waals surface area (Å²) in [6, 6.07) is 12.9. The van der Waals surface area contributed by atoms with Crippen LogP contribution in [0.15, 0.2) is 36.4 Å². The number of nitrogens with zero attached hydrogens (tertiary/aromatic N) is 2. The number of amides is 1. The lowest BCUT2D eigenvalue weighted by atomic mass is 9.84. The first-order chi connectivity index (χ1) is 12.7. The van der Waals surface area contributed by atoms with Crippen molar-refractivity contribution in [3.05, 3.63) is 42.0 Å². The molecule has 0 atom stereocenters. The molecule has 1 aliphatic carbocycles. The molecule has 138 valence electrons. The van der Waals surface area contributed by atoms with Crippen molar-refractivity contribution < 1.29 is 4.79 Å². The van der Waals surface area contributed by atoms with Crippen molar-refractivity contribution in [3.8, 4) is 6.07 Å². The van der Waals surface area contributed by atoms with Gasteiger partial charge in [-0.15, -0.1) is 0 Å². The fourth-order valence-electron chi connectivity index (χ4n) is 4.14. The lowest BCUT2D eigenvalue weighted by molar-refractivity contribution is -0.121. The van der Waals surface area contributed by atoms with Gasteiger partial charge in [-0.3, -0.25) is 9.69 Å². The summed E-state index contributed by atoms with van der Waals surface area (Å²) in [6.45, 7) is 3.39. The van der Waals surface area contributed by atoms with Gasteiger partial charge in [0.15, 0.2) is 0 Å². The third-order valence-corrected chi connectivity index (χ3v) is 5.74. The minimum Gasteiger partial charge on any atom is -0.352 e. The summed E-state index contributed by atoms with van der Waals surface area (Å²) >= 11 is 0. The van der Waals surface area contributed by atoms with E-state index in [1.807, 2.05) is 6.07 Å². The first-order valence-corrected chi connectivity index (χ1v) is 9.87. The highest BCUT2D eigenvalue weighted by Crippen LogP contribution is 2.28. The minimum atomic E-state index is -0.120. The van der Waals surface area contributed by atoms with Gasteiger partial charge in [-0.2, -0.15) is 5.26 Å². The summed E-state index contributed by atoms with van der Waals surface area (Å²) in [5.74, 6) is 0.656. The topological polar surface area (TPSA) is 56.1 Å². The highest BCUT2D eigenvalue weighted by molar-refractivity contribution is 5.78. The van der Waals surface area contributed by atoms with E-state index in [4.69, 9.17) is 5.26 Å². The highest BCUT2D eigenvalue weighted by atomic mass is 16.1. The van der Waals surface area contributed by atoms with Crippen LogP contribution >= 0.6 is 0 Å². The van der Waals surface area contributed by atoms with Gasteiger partial charge >= 0.3 is 0 Å². The van der Waals surface area contributed by atoms with Crippen molar-refractivity contribution in [2.24, 2.45) is 5.92 Å². The van der Waals surface area contributed by atoms with Crippen LogP contribution in [0, 0.1) is 17.2 Å². The van der Waals surface area contributed by atoms with Crippen LogP contribution in [0.3, 0.4) is 0 Å². The molecule has 4 heteroatoms. The number of nitriles is 1. The standard InChI is InChI=1S/C22H29N3O/c23-14-10-22(26)24-21-8-6-18(7-9-21)11-15-25-16-12-20(13-17-25)19-4-2-1-3-5-19/h1-5,12,18,21H,6-11,13,15-17H2,(H,24,26)/t18-,21-. The number of carbonyl (C=O) groups is 1. The summed E-state index contributed by atoms with van der Waals surface area (Å²) in [6.07, 6.45) is 9.26. The van der Waals surface area contributed by atoms with Gasteiger partial charge in [0.05, 0.1) is 6.07 Å². The molecular weight excluding hydrogens is 322 g/mol. The third kappa shape index (κ3) is 5.44. The normalized spacial score (nSPS) is 23.7. The first kappa shape index (κ1) is 18.7. The number of hydrogen-bond acceptors (Lipinski definition) is 3. The van der Waals surface area contributed by atoms with Gasteiger partial charge in [0, 0.05) is 19.1 Å². The van der Waals surface area contributed by atoms with Crippen molar-refractivity contribution in [2.75, 3.05) is 19.6 Å². The number of rotatable bonds is 6. The van der Waals surface area contributed by atoms with Gasteiger partial charge in [-0.05, 0) is 62.1 Å². The Morgan fingerprint density at radius 2 is 1.96 bits per heavy atom. The van der Waals surface area contributed by atoms with E-state index in [2.05, 4.69) is 46.6 Å². The second kappa shape index (κ2) is 9.54. The molecule has 0 aromatic heterocycles. The lowest BCUT2D eigenvalue weighted by Gasteiger charge is -2.32. The summed E-state index contributed by atoms with van der Waals surface area (Å²) in [5, 5.41) is 11.6. The molecule has 0 saturated heterocycles. The van der Waals surface area contributed by atoms with Crippen molar-refractivity contribution in [2.45, 2.75) is 51.0 Å². The molecule has 3 rings (SSSR count). The van der Waals surface area contributed by atoms with Crippen LogP contribution in [0.25, 0.3) is 5.57 Å². The second-order valence-corrected chi connectivity index (χ2v) is 7.55. The molecule has 0 radical (unpaired) electrons. The Labute approximate surface area is 156 Å². The Morgan fingerprint density at radius 3 is 2.62 bits per heavy atom. The fraction of sp³-hybridized carbons (Fsp3) is 0.545. The van der Waals surface area contributed by atoms with Crippen LogP contribution in [0.1, 0.15) is 50.5 Å². The summed E-state index contributed by atoms with van der Waals surface area (Å²) in [7, 11) is 0. The van der Waals surface area contributed by atoms with Gasteiger partial charge in [-0.1, -0.05) is 36.4 Å². The Bertz CT molecular complexity index is 654. The third-order valence-electron chi connectivity index (χ3n) is 5.74. The smallest absolute Gasteiger partial charge is 0.234 e. The summed E-state index contributed by atoms with van der Waals surface area (Å²) in [4.78, 5) is 14.1. The zero-order valence-corrected chi connectivity index (χ0v) is 15.5. The second-order valence-electron chi connectivity index (χ2n) is 7.55. The van der Waals surface area contributed by atoms with Crippen LogP contribution in [0.2, 0.25) is 0 Å². The number of nitrogens with one attached hydrogen (secondary N) is 1. The maximum Gasteiger partial charge on any atom is 0.234 e. The predicted octanol–water partition coefficient (Wildman–Crippen LogP) is 3.75. The maximum absolute atomic E-state index is 11.5. The van der Waals surface area contributed by atoms with Gasteiger partial charge in [-0.25, -0.2) is 0 Å². The monoisotopic (exact) mass is 351 g/mol. The Kier molecular flexibility index (Phi) is 6.85. The molecule has 1 aliphatic heterocycles. The maximum atomic E-state index is 11.5. The van der Waals surface area contributed by atoms with E-state index in [0.29, 0.717) is 0 Å². The van der Waals surface area contributed by atoms with Crippen LogP contribution in [0.5, 0.6) is 0 Å². The largest absolute Gasteiger partial charge is 0.352 e. The molecule has 0 unspecified atom stereocenters. The van der Waals surface area contributed by atoms with Crippen LogP contribution in [-0.4, -0.2) is 36.5 Å². The lowest BCUT2D eigenvalue weighted by Crippen LogP contribution is -2.38. The molecule has 2 aliphatic rings. The van der Waals surface area contributed by atoms with E-state index >= 15 is 0 Å². The SMILES string of the molecule is N#CCC(=O)N[C@H]1CC[C@H](CCN2CC=C(c3ccccc3)CC2)CC1. The predicted molar refractivity (Wildman–Crippen MR) is 104 cm³/mol. The average Bonchev–Trinajstić information content (AvgIpc) is 2.69. The Hall–Kier alpha value is -2.12. The molecular formula is C22H29N3O. The van der Waals surface area contributed by atoms with E-state index in [9.17, 15) is 4.79 Å². The Balaban J connectivity index is 1.35. The first-order valence-electron chi connectivity index (χ1n) is 9.87. The summed E-state index contributed by atoms with van der Waals surface area (Å²) < 4.78 is 0. The molecule has 1 aromatic carbocycles. The van der Waals surface area contributed by atoms with Crippen molar-refractivity contribution >= 4 is 11.5 Å². The molecule has 1 aromatic rings. The molecule has 0 bridgehead atoms. The molecule has 1 fully saturated rings. The van der Waals surface area contributed by atoms with Crippen LogP contribution in [-0.2, 0) is 4.79 Å². The van der Waals surface area contributed by atoms with Crippen molar-refractivity contribution in [1.82, 2.24) is 10.2 Å². The van der Waals surface area contributed by atoms with Gasteiger partial charge in [0.2, 0.25) is 5.91 Å². The molecule has 1 N–H and O–H groups in total. The van der Waals surface area contributed by atoms with E-state index < -0.39 is 0 Å². The van der Waals surface area contributed by atoms with E-state index in [-0.39, 0.29) is 18.4 Å². The van der Waals surface area contributed by atoms with E-state index in [1.165, 1.54) is 36.9 Å². The average molecular weight is 351 g/mol. The van der Waals surface area contributed by atoms with Gasteiger partial charge in [0.1, 0.15) is 6.42 Å². The fourth-order valence-corrected chi connectivity index (χ4v) is 4.14. The van der Waals surface area contributed by atoms with E-state index in [0.717, 1.165) is 38.3 Å². The van der Waals surface area contributed by atoms with Crippen molar-refractivity contribution in [3.63, 3.8) is 0 Å². The Morgan fingerprint density at radius 1 is 1.19 bits per heavy atom. The number of hydrogen-bond donors (Lipinski definition) is 1.